The summed E-state index contributed by atoms with van der Waals surface area (Å²) in [6, 6.07) is 14.4. The minimum atomic E-state index is -0.147. The Balaban J connectivity index is 1.27. The minimum absolute atomic E-state index is 0.147. The van der Waals surface area contributed by atoms with Gasteiger partial charge in [0.15, 0.2) is 0 Å². The molecule has 0 saturated carbocycles. The molecular formula is C20H22N4O2. The van der Waals surface area contributed by atoms with E-state index < -0.39 is 0 Å². The predicted molar refractivity (Wildman–Crippen MR) is 102 cm³/mol. The summed E-state index contributed by atoms with van der Waals surface area (Å²) in [4.78, 5) is 22.3. The number of fused-ring (bicyclic) bond motifs is 2. The van der Waals surface area contributed by atoms with E-state index in [4.69, 9.17) is 4.74 Å². The molecule has 6 heteroatoms. The number of nitrogens with one attached hydrogen (secondary N) is 2. The van der Waals surface area contributed by atoms with Crippen LogP contribution in [0.15, 0.2) is 47.3 Å². The highest BCUT2D eigenvalue weighted by molar-refractivity contribution is 5.88. The van der Waals surface area contributed by atoms with Crippen molar-refractivity contribution >= 4 is 16.7 Å². The van der Waals surface area contributed by atoms with Crippen LogP contribution in [-0.4, -0.2) is 54.2 Å². The molecule has 5 rings (SSSR count). The quantitative estimate of drug-likeness (QED) is 0.760. The molecule has 2 aliphatic heterocycles. The molecule has 6 nitrogen and oxygen atoms in total. The van der Waals surface area contributed by atoms with Crippen molar-refractivity contribution < 1.29 is 4.74 Å². The van der Waals surface area contributed by atoms with Crippen LogP contribution in [0.5, 0.6) is 5.75 Å². The highest BCUT2D eigenvalue weighted by atomic mass is 16.5. The molecule has 0 amide bonds. The second kappa shape index (κ2) is 6.21. The molecule has 26 heavy (non-hydrogen) atoms. The molecule has 1 saturated heterocycles. The second-order valence-electron chi connectivity index (χ2n) is 7.11. The number of para-hydroxylation sites is 2. The van der Waals surface area contributed by atoms with Crippen molar-refractivity contribution in [2.75, 3.05) is 44.2 Å². The first kappa shape index (κ1) is 15.5. The third-order valence-electron chi connectivity index (χ3n) is 5.52. The van der Waals surface area contributed by atoms with Crippen LogP contribution in [0, 0.1) is 0 Å². The van der Waals surface area contributed by atoms with Crippen molar-refractivity contribution in [3.05, 3.63) is 58.5 Å². The Bertz CT molecular complexity index is 985. The van der Waals surface area contributed by atoms with Crippen LogP contribution in [0.3, 0.4) is 0 Å². The number of anilines is 1. The number of aromatic amines is 2. The summed E-state index contributed by atoms with van der Waals surface area (Å²) >= 11 is 0. The molecule has 1 fully saturated rings. The number of benzene rings is 2. The fourth-order valence-corrected chi connectivity index (χ4v) is 4.17. The largest absolute Gasteiger partial charge is 0.493 e. The Morgan fingerprint density at radius 3 is 2.73 bits per heavy atom. The van der Waals surface area contributed by atoms with Gasteiger partial charge in [-0.25, -0.2) is 4.79 Å². The van der Waals surface area contributed by atoms with Crippen molar-refractivity contribution in [3.63, 3.8) is 0 Å². The predicted octanol–water partition coefficient (Wildman–Crippen LogP) is 2.15. The van der Waals surface area contributed by atoms with E-state index in [1.165, 1.54) is 5.56 Å². The first-order valence-corrected chi connectivity index (χ1v) is 9.18. The van der Waals surface area contributed by atoms with Gasteiger partial charge in [-0.2, -0.15) is 0 Å². The van der Waals surface area contributed by atoms with Crippen LogP contribution < -0.4 is 15.3 Å². The van der Waals surface area contributed by atoms with Crippen LogP contribution in [0.2, 0.25) is 0 Å². The summed E-state index contributed by atoms with van der Waals surface area (Å²) in [6.07, 6.45) is 0. The lowest BCUT2D eigenvalue weighted by atomic mass is 10.0. The molecule has 0 aliphatic carbocycles. The van der Waals surface area contributed by atoms with Gasteiger partial charge in [0, 0.05) is 44.2 Å². The molecule has 2 N–H and O–H groups in total. The van der Waals surface area contributed by atoms with Crippen LogP contribution in [0.1, 0.15) is 11.5 Å². The van der Waals surface area contributed by atoms with E-state index in [1.54, 1.807) is 0 Å². The number of hydrogen-bond donors (Lipinski definition) is 2. The van der Waals surface area contributed by atoms with Gasteiger partial charge in [0.05, 0.1) is 23.3 Å². The number of ether oxygens (including phenoxy) is 1. The summed E-state index contributed by atoms with van der Waals surface area (Å²) in [6.45, 7) is 5.77. The van der Waals surface area contributed by atoms with E-state index in [-0.39, 0.29) is 5.69 Å². The van der Waals surface area contributed by atoms with Gasteiger partial charge in [0.25, 0.3) is 0 Å². The number of nitrogens with zero attached hydrogens (tertiary/aromatic N) is 2. The van der Waals surface area contributed by atoms with Gasteiger partial charge >= 0.3 is 5.69 Å². The lowest BCUT2D eigenvalue weighted by Crippen LogP contribution is -2.47. The number of rotatable bonds is 3. The molecule has 2 aromatic carbocycles. The molecule has 1 atom stereocenters. The lowest BCUT2D eigenvalue weighted by molar-refractivity contribution is 0.223. The van der Waals surface area contributed by atoms with Crippen LogP contribution >= 0.6 is 0 Å². The zero-order valence-electron chi connectivity index (χ0n) is 14.6. The molecule has 3 aromatic rings. The average Bonchev–Trinajstić information content (AvgIpc) is 3.25. The van der Waals surface area contributed by atoms with E-state index >= 15 is 0 Å². The topological polar surface area (TPSA) is 64.4 Å². The first-order valence-electron chi connectivity index (χ1n) is 9.18. The second-order valence-corrected chi connectivity index (χ2v) is 7.11. The zero-order valence-corrected chi connectivity index (χ0v) is 14.6. The average molecular weight is 350 g/mol. The van der Waals surface area contributed by atoms with E-state index in [2.05, 4.69) is 44.0 Å². The van der Waals surface area contributed by atoms with Gasteiger partial charge in [-0.15, -0.1) is 0 Å². The molecule has 2 aliphatic rings. The maximum absolute atomic E-state index is 11.6. The van der Waals surface area contributed by atoms with Crippen LogP contribution in [0.25, 0.3) is 11.0 Å². The van der Waals surface area contributed by atoms with Crippen LogP contribution in [0.4, 0.5) is 5.69 Å². The van der Waals surface area contributed by atoms with Gasteiger partial charge in [-0.3, -0.25) is 4.90 Å². The van der Waals surface area contributed by atoms with E-state index in [1.807, 2.05) is 18.2 Å². The maximum Gasteiger partial charge on any atom is 0.323 e. The van der Waals surface area contributed by atoms with Crippen molar-refractivity contribution in [3.8, 4) is 5.75 Å². The van der Waals surface area contributed by atoms with Gasteiger partial charge in [-0.05, 0) is 18.2 Å². The number of imidazole rings is 1. The molecule has 0 radical (unpaired) electrons. The number of H-pyrrole nitrogens is 2. The van der Waals surface area contributed by atoms with Gasteiger partial charge in [-0.1, -0.05) is 24.3 Å². The number of hydrogen-bond acceptors (Lipinski definition) is 4. The molecule has 134 valence electrons. The lowest BCUT2D eigenvalue weighted by Gasteiger charge is -2.37. The normalized spacial score (nSPS) is 20.3. The molecule has 1 aromatic heterocycles. The Labute approximate surface area is 151 Å². The zero-order chi connectivity index (χ0) is 17.5. The van der Waals surface area contributed by atoms with Crippen molar-refractivity contribution in [1.82, 2.24) is 14.9 Å². The Hall–Kier alpha value is -2.73. The van der Waals surface area contributed by atoms with E-state index in [9.17, 15) is 4.79 Å². The first-order chi connectivity index (χ1) is 12.8. The molecular weight excluding hydrogens is 328 g/mol. The third-order valence-corrected chi connectivity index (χ3v) is 5.52. The number of aromatic nitrogens is 2. The maximum atomic E-state index is 11.6. The summed E-state index contributed by atoms with van der Waals surface area (Å²) in [5, 5.41) is 0. The fourth-order valence-electron chi connectivity index (χ4n) is 4.17. The smallest absolute Gasteiger partial charge is 0.323 e. The Kier molecular flexibility index (Phi) is 3.71. The standard InChI is InChI=1S/C20H22N4O2/c25-20-21-16-5-3-6-17(19(16)22-20)24-10-8-23(9-11-24)12-14-13-26-18-7-2-1-4-15(14)18/h1-7,14H,8-13H2,(H2,21,22,25). The SMILES string of the molecule is O=c1[nH]c2cccc(N3CCN(CC4COc5ccccc54)CC3)c2[nH]1. The van der Waals surface area contributed by atoms with Gasteiger partial charge in [0.2, 0.25) is 0 Å². The van der Waals surface area contributed by atoms with Crippen molar-refractivity contribution in [1.29, 1.82) is 0 Å². The molecule has 0 spiro atoms. The Morgan fingerprint density at radius 2 is 1.85 bits per heavy atom. The molecule has 1 unspecified atom stereocenters. The van der Waals surface area contributed by atoms with Crippen molar-refractivity contribution in [2.45, 2.75) is 5.92 Å². The van der Waals surface area contributed by atoms with Crippen LogP contribution in [-0.2, 0) is 0 Å². The summed E-state index contributed by atoms with van der Waals surface area (Å²) in [5.41, 5.74) is 4.07. The summed E-state index contributed by atoms with van der Waals surface area (Å²) in [7, 11) is 0. The van der Waals surface area contributed by atoms with Crippen molar-refractivity contribution in [2.24, 2.45) is 0 Å². The highest BCUT2D eigenvalue weighted by Gasteiger charge is 2.27. The summed E-state index contributed by atoms with van der Waals surface area (Å²) in [5.74, 6) is 1.50. The van der Waals surface area contributed by atoms with Gasteiger partial charge < -0.3 is 19.6 Å². The van der Waals surface area contributed by atoms with E-state index in [0.29, 0.717) is 5.92 Å². The molecule has 0 bridgehead atoms. The summed E-state index contributed by atoms with van der Waals surface area (Å²) < 4.78 is 5.82. The molecule has 3 heterocycles. The van der Waals surface area contributed by atoms with E-state index in [0.717, 1.165) is 61.8 Å². The van der Waals surface area contributed by atoms with Gasteiger partial charge in [0.1, 0.15) is 5.75 Å². The minimum Gasteiger partial charge on any atom is -0.493 e. The fraction of sp³-hybridized carbons (Fsp3) is 0.350. The number of piperazine rings is 1. The highest BCUT2D eigenvalue weighted by Crippen LogP contribution is 2.34. The third kappa shape index (κ3) is 2.66. The Morgan fingerprint density at radius 1 is 1.00 bits per heavy atom. The monoisotopic (exact) mass is 350 g/mol.